The van der Waals surface area contributed by atoms with Gasteiger partial charge in [0.05, 0.1) is 36.6 Å². The number of thiazole rings is 2. The molecule has 2 aromatic carbocycles. The average molecular weight is 802 g/mol. The van der Waals surface area contributed by atoms with Gasteiger partial charge in [0, 0.05) is 43.2 Å². The number of rotatable bonds is 19. The van der Waals surface area contributed by atoms with Crippen LogP contribution in [0.5, 0.6) is 5.75 Å². The van der Waals surface area contributed by atoms with Crippen molar-refractivity contribution in [1.82, 2.24) is 35.3 Å². The van der Waals surface area contributed by atoms with E-state index in [4.69, 9.17) is 9.47 Å². The minimum absolute atomic E-state index is 0.00887. The second-order valence-corrected chi connectivity index (χ2v) is 15.7. The molecule has 0 atom stereocenters. The molecule has 296 valence electrons. The maximum Gasteiger partial charge on any atom is 0.355 e. The molecular formula is C40H48FN9O4S2. The first kappa shape index (κ1) is 40.9. The van der Waals surface area contributed by atoms with E-state index in [1.165, 1.54) is 17.4 Å². The Morgan fingerprint density at radius 1 is 1.05 bits per heavy atom. The van der Waals surface area contributed by atoms with Crippen LogP contribution in [0.4, 0.5) is 26.3 Å². The molecule has 4 heterocycles. The lowest BCUT2D eigenvalue weighted by Gasteiger charge is -2.26. The standard InChI is InChI=1S/C40H48FN9O4S2/c1-28-26-35(46-47-37(28)45-39-43-31-11-4-5-12-33(31)55-39)50(19-7-6-16-42-17-20-49-21-24-53-25-22-49)40-44-36(38(51)52)34(56-40)13-9-23-54-32-15-14-29(27-30(32)41)10-8-18-48(2)3/h4-5,11-12,14-15,26-27,42H,6-7,9,13,16-25H2,1-3H3,(H,51,52)(H,43,45,47). The first-order valence-electron chi connectivity index (χ1n) is 18.8. The highest BCUT2D eigenvalue weighted by atomic mass is 32.1. The molecule has 1 fully saturated rings. The summed E-state index contributed by atoms with van der Waals surface area (Å²) in [6.45, 7) is 9.54. The Morgan fingerprint density at radius 2 is 1.89 bits per heavy atom. The van der Waals surface area contributed by atoms with Gasteiger partial charge < -0.3 is 30.1 Å². The third kappa shape index (κ3) is 11.6. The maximum absolute atomic E-state index is 14.8. The van der Waals surface area contributed by atoms with E-state index >= 15 is 0 Å². The molecule has 0 unspecified atom stereocenters. The van der Waals surface area contributed by atoms with E-state index in [1.54, 1.807) is 23.5 Å². The van der Waals surface area contributed by atoms with Crippen molar-refractivity contribution in [1.29, 1.82) is 0 Å². The van der Waals surface area contributed by atoms with Crippen LogP contribution in [0.2, 0.25) is 0 Å². The molecule has 0 spiro atoms. The van der Waals surface area contributed by atoms with Gasteiger partial charge in [0.25, 0.3) is 0 Å². The fraction of sp³-hybridized carbons (Fsp3) is 0.425. The van der Waals surface area contributed by atoms with Crippen LogP contribution in [0, 0.1) is 24.6 Å². The zero-order valence-electron chi connectivity index (χ0n) is 32.0. The van der Waals surface area contributed by atoms with E-state index in [0.717, 1.165) is 79.7 Å². The van der Waals surface area contributed by atoms with Crippen molar-refractivity contribution >= 4 is 60.8 Å². The summed E-state index contributed by atoms with van der Waals surface area (Å²) in [6, 6.07) is 14.5. The van der Waals surface area contributed by atoms with Crippen molar-refractivity contribution in [2.75, 3.05) is 89.9 Å². The Morgan fingerprint density at radius 3 is 2.66 bits per heavy atom. The van der Waals surface area contributed by atoms with Crippen LogP contribution < -0.4 is 20.3 Å². The molecule has 16 heteroatoms. The number of halogens is 1. The summed E-state index contributed by atoms with van der Waals surface area (Å²) in [4.78, 5) is 28.6. The Kier molecular flexibility index (Phi) is 14.9. The Labute approximate surface area is 334 Å². The lowest BCUT2D eigenvalue weighted by atomic mass is 10.2. The number of anilines is 4. The monoisotopic (exact) mass is 801 g/mol. The molecule has 1 saturated heterocycles. The minimum atomic E-state index is -1.11. The number of carbonyl (C=O) groups is 1. The van der Waals surface area contributed by atoms with Gasteiger partial charge in [-0.15, -0.1) is 21.5 Å². The molecule has 56 heavy (non-hydrogen) atoms. The summed E-state index contributed by atoms with van der Waals surface area (Å²) in [5, 5.41) is 27.4. The quantitative estimate of drug-likeness (QED) is 0.0646. The van der Waals surface area contributed by atoms with Gasteiger partial charge in [-0.2, -0.15) is 0 Å². The van der Waals surface area contributed by atoms with Gasteiger partial charge >= 0.3 is 5.97 Å². The smallest absolute Gasteiger partial charge is 0.355 e. The molecule has 3 N–H and O–H groups in total. The Bertz CT molecular complexity index is 2090. The first-order valence-corrected chi connectivity index (χ1v) is 20.4. The topological polar surface area (TPSA) is 141 Å². The Balaban J connectivity index is 1.12. The van der Waals surface area contributed by atoms with Crippen molar-refractivity contribution in [2.24, 2.45) is 0 Å². The van der Waals surface area contributed by atoms with Crippen molar-refractivity contribution in [2.45, 2.75) is 32.6 Å². The number of benzene rings is 2. The lowest BCUT2D eigenvalue weighted by molar-refractivity contribution is 0.0384. The van der Waals surface area contributed by atoms with E-state index in [2.05, 4.69) is 47.5 Å². The summed E-state index contributed by atoms with van der Waals surface area (Å²) >= 11 is 2.86. The number of unbranched alkanes of at least 4 members (excludes halogenated alkanes) is 1. The van der Waals surface area contributed by atoms with E-state index < -0.39 is 11.8 Å². The number of nitrogens with zero attached hydrogens (tertiary/aromatic N) is 7. The zero-order valence-corrected chi connectivity index (χ0v) is 33.6. The van der Waals surface area contributed by atoms with E-state index in [0.29, 0.717) is 53.1 Å². The number of carboxylic acid groups (broad SMARTS) is 1. The Hall–Kier alpha value is -4.76. The van der Waals surface area contributed by atoms with Gasteiger partial charge in [0.1, 0.15) is 0 Å². The number of para-hydroxylation sites is 1. The third-order valence-electron chi connectivity index (χ3n) is 8.95. The molecule has 0 aliphatic carbocycles. The highest BCUT2D eigenvalue weighted by Crippen LogP contribution is 2.34. The number of morpholine rings is 1. The summed E-state index contributed by atoms with van der Waals surface area (Å²) in [5.74, 6) is 5.64. The summed E-state index contributed by atoms with van der Waals surface area (Å²) in [7, 11) is 3.84. The second kappa shape index (κ2) is 20.4. The lowest BCUT2D eigenvalue weighted by Crippen LogP contribution is -2.40. The van der Waals surface area contributed by atoms with Gasteiger partial charge in [-0.25, -0.2) is 19.2 Å². The summed E-state index contributed by atoms with van der Waals surface area (Å²) < 4.78 is 27.0. The number of hydrogen-bond acceptors (Lipinski definition) is 14. The van der Waals surface area contributed by atoms with Crippen LogP contribution in [0.3, 0.4) is 0 Å². The normalized spacial score (nSPS) is 13.2. The largest absolute Gasteiger partial charge is 0.491 e. The van der Waals surface area contributed by atoms with Crippen LogP contribution in [-0.4, -0.2) is 121 Å². The summed E-state index contributed by atoms with van der Waals surface area (Å²) in [6.07, 6.45) is 2.58. The number of ether oxygens (including phenoxy) is 2. The molecule has 6 rings (SSSR count). The van der Waals surface area contributed by atoms with Gasteiger partial charge in [0.15, 0.2) is 39.2 Å². The van der Waals surface area contributed by atoms with Crippen molar-refractivity contribution < 1.29 is 23.8 Å². The molecule has 1 aliphatic heterocycles. The molecule has 0 radical (unpaired) electrons. The van der Waals surface area contributed by atoms with Gasteiger partial charge in [0.2, 0.25) is 0 Å². The van der Waals surface area contributed by atoms with E-state index in [-0.39, 0.29) is 18.1 Å². The number of hydrogen-bond donors (Lipinski definition) is 3. The predicted molar refractivity (Wildman–Crippen MR) is 221 cm³/mol. The van der Waals surface area contributed by atoms with Gasteiger partial charge in [-0.1, -0.05) is 35.3 Å². The average Bonchev–Trinajstić information content (AvgIpc) is 3.80. The third-order valence-corrected chi connectivity index (χ3v) is 11.0. The van der Waals surface area contributed by atoms with Crippen LogP contribution in [0.25, 0.3) is 10.2 Å². The number of aromatic nitrogens is 4. The number of aromatic carboxylic acids is 1. The molecule has 5 aromatic rings. The molecule has 0 amide bonds. The molecule has 13 nitrogen and oxygen atoms in total. The highest BCUT2D eigenvalue weighted by molar-refractivity contribution is 7.22. The molecule has 3 aromatic heterocycles. The zero-order chi connectivity index (χ0) is 39.3. The number of carboxylic acids is 1. The first-order chi connectivity index (χ1) is 27.2. The molecule has 0 saturated carbocycles. The predicted octanol–water partition coefficient (Wildman–Crippen LogP) is 6.20. The van der Waals surface area contributed by atoms with Crippen LogP contribution in [-0.2, 0) is 11.2 Å². The number of fused-ring (bicyclic) bond motifs is 1. The van der Waals surface area contributed by atoms with Crippen LogP contribution in [0.15, 0.2) is 48.5 Å². The van der Waals surface area contributed by atoms with Crippen molar-refractivity contribution in [3.8, 4) is 17.6 Å². The fourth-order valence-electron chi connectivity index (χ4n) is 5.97. The number of nitrogens with one attached hydrogen (secondary N) is 2. The van der Waals surface area contributed by atoms with E-state index in [9.17, 15) is 14.3 Å². The van der Waals surface area contributed by atoms with Crippen LogP contribution >= 0.6 is 22.7 Å². The van der Waals surface area contributed by atoms with Crippen molar-refractivity contribution in [3.63, 3.8) is 0 Å². The van der Waals surface area contributed by atoms with Gasteiger partial charge in [-0.3, -0.25) is 9.80 Å². The second-order valence-electron chi connectivity index (χ2n) is 13.6. The van der Waals surface area contributed by atoms with Crippen molar-refractivity contribution in [3.05, 3.63) is 76.0 Å². The molecule has 0 bridgehead atoms. The maximum atomic E-state index is 14.8. The van der Waals surface area contributed by atoms with Gasteiger partial charge in [-0.05, 0) is 95.2 Å². The number of aryl methyl sites for hydroxylation is 2. The SMILES string of the molecule is Cc1cc(N(CCCCNCCN2CCOCC2)c2nc(C(=O)O)c(CCCOc3ccc(C#CCN(C)C)cc3F)s2)nnc1Nc1nc2ccccc2s1. The summed E-state index contributed by atoms with van der Waals surface area (Å²) in [5.41, 5.74) is 2.33. The minimum Gasteiger partial charge on any atom is -0.491 e. The fourth-order valence-corrected chi connectivity index (χ4v) is 7.96. The van der Waals surface area contributed by atoms with E-state index in [1.807, 2.05) is 61.2 Å². The highest BCUT2D eigenvalue weighted by Gasteiger charge is 2.23. The molecule has 1 aliphatic rings. The molecular weight excluding hydrogens is 754 g/mol. The van der Waals surface area contributed by atoms with Crippen LogP contribution in [0.1, 0.15) is 45.8 Å².